The number of rotatable bonds is 4. The van der Waals surface area contributed by atoms with Gasteiger partial charge in [0, 0.05) is 38.2 Å². The fraction of sp³-hybridized carbons (Fsp3) is 0.500. The molecule has 0 aliphatic carbocycles. The third-order valence-electron chi connectivity index (χ3n) is 3.46. The van der Waals surface area contributed by atoms with E-state index in [4.69, 9.17) is 4.74 Å². The highest BCUT2D eigenvalue weighted by atomic mass is 16.5. The zero-order valence-corrected chi connectivity index (χ0v) is 11.8. The van der Waals surface area contributed by atoms with Crippen molar-refractivity contribution in [2.24, 2.45) is 7.05 Å². The number of hydrogen-bond acceptors (Lipinski definition) is 5. The summed E-state index contributed by atoms with van der Waals surface area (Å²) in [7, 11) is 1.91. The molecule has 3 rings (SSSR count). The van der Waals surface area contributed by atoms with E-state index < -0.39 is 0 Å². The van der Waals surface area contributed by atoms with Crippen LogP contribution in [-0.4, -0.2) is 39.0 Å². The van der Waals surface area contributed by atoms with Crippen molar-refractivity contribution in [2.45, 2.75) is 25.9 Å². The van der Waals surface area contributed by atoms with E-state index >= 15 is 0 Å². The topological polar surface area (TPSA) is 64.9 Å². The van der Waals surface area contributed by atoms with Gasteiger partial charge in [0.1, 0.15) is 0 Å². The van der Waals surface area contributed by atoms with Gasteiger partial charge in [0.25, 0.3) is 0 Å². The van der Waals surface area contributed by atoms with Crippen molar-refractivity contribution >= 4 is 5.95 Å². The molecule has 1 aliphatic heterocycles. The number of ether oxygens (including phenoxy) is 1. The number of aromatic nitrogens is 4. The smallest absolute Gasteiger partial charge is 0.223 e. The van der Waals surface area contributed by atoms with E-state index in [1.807, 2.05) is 26.2 Å². The minimum Gasteiger partial charge on any atom is -0.376 e. The molecule has 1 atom stereocenters. The Bertz CT molecular complexity index is 589. The Hall–Kier alpha value is -1.95. The molecule has 0 amide bonds. The Kier molecular flexibility index (Phi) is 3.64. The fourth-order valence-corrected chi connectivity index (χ4v) is 2.46. The van der Waals surface area contributed by atoms with Gasteiger partial charge in [-0.1, -0.05) is 0 Å². The van der Waals surface area contributed by atoms with Crippen LogP contribution in [0, 0.1) is 6.92 Å². The lowest BCUT2D eigenvalue weighted by Crippen LogP contribution is -2.19. The van der Waals surface area contributed by atoms with Gasteiger partial charge in [-0.05, 0) is 25.8 Å². The molecule has 0 spiro atoms. The molecule has 0 aromatic carbocycles. The minimum absolute atomic E-state index is 0.280. The normalized spacial score (nSPS) is 18.4. The van der Waals surface area contributed by atoms with Crippen molar-refractivity contribution < 1.29 is 4.74 Å². The molecule has 2 aromatic heterocycles. The second kappa shape index (κ2) is 5.58. The van der Waals surface area contributed by atoms with Crippen LogP contribution >= 0.6 is 0 Å². The highest BCUT2D eigenvalue weighted by molar-refractivity contribution is 5.61. The first-order valence-electron chi connectivity index (χ1n) is 6.91. The molecular formula is C14H19N5O. The minimum atomic E-state index is 0.280. The molecule has 1 fully saturated rings. The van der Waals surface area contributed by atoms with Crippen molar-refractivity contribution in [3.05, 3.63) is 24.2 Å². The van der Waals surface area contributed by atoms with Crippen molar-refractivity contribution in [2.75, 3.05) is 18.5 Å². The van der Waals surface area contributed by atoms with E-state index in [1.165, 1.54) is 0 Å². The van der Waals surface area contributed by atoms with Crippen LogP contribution in [0.1, 0.15) is 18.5 Å². The van der Waals surface area contributed by atoms with Crippen LogP contribution in [0.5, 0.6) is 0 Å². The number of hydrogen-bond donors (Lipinski definition) is 1. The lowest BCUT2D eigenvalue weighted by molar-refractivity contribution is 0.120. The Balaban J connectivity index is 1.73. The molecule has 6 nitrogen and oxygen atoms in total. The molecule has 1 unspecified atom stereocenters. The number of nitrogens with one attached hydrogen (secondary N) is 1. The van der Waals surface area contributed by atoms with Gasteiger partial charge in [0.2, 0.25) is 5.95 Å². The van der Waals surface area contributed by atoms with E-state index in [1.54, 1.807) is 10.9 Å². The molecular weight excluding hydrogens is 254 g/mol. The first-order valence-corrected chi connectivity index (χ1v) is 6.91. The maximum Gasteiger partial charge on any atom is 0.223 e. The zero-order chi connectivity index (χ0) is 13.9. The van der Waals surface area contributed by atoms with Gasteiger partial charge in [0.15, 0.2) is 0 Å². The number of nitrogens with zero attached hydrogens (tertiary/aromatic N) is 4. The van der Waals surface area contributed by atoms with E-state index in [0.717, 1.165) is 42.9 Å². The molecule has 106 valence electrons. The Morgan fingerprint density at radius 3 is 3.10 bits per heavy atom. The monoisotopic (exact) mass is 273 g/mol. The number of aryl methyl sites for hydroxylation is 2. The quantitative estimate of drug-likeness (QED) is 0.919. The molecule has 6 heteroatoms. The van der Waals surface area contributed by atoms with Gasteiger partial charge >= 0.3 is 0 Å². The highest BCUT2D eigenvalue weighted by Gasteiger charge is 2.15. The van der Waals surface area contributed by atoms with E-state index in [0.29, 0.717) is 5.95 Å². The van der Waals surface area contributed by atoms with Gasteiger partial charge in [-0.2, -0.15) is 5.10 Å². The molecule has 20 heavy (non-hydrogen) atoms. The van der Waals surface area contributed by atoms with Gasteiger partial charge in [0.05, 0.1) is 17.5 Å². The Labute approximate surface area is 118 Å². The third-order valence-corrected chi connectivity index (χ3v) is 3.46. The summed E-state index contributed by atoms with van der Waals surface area (Å²) >= 11 is 0. The Morgan fingerprint density at radius 1 is 1.50 bits per heavy atom. The standard InChI is InChI=1S/C14H19N5O/c1-10-12(9-19(2)18-10)13-5-6-15-14(17-13)16-8-11-4-3-7-20-11/h5-6,9,11H,3-4,7-8H2,1-2H3,(H,15,16,17). The van der Waals surface area contributed by atoms with Crippen molar-refractivity contribution in [3.63, 3.8) is 0 Å². The molecule has 0 bridgehead atoms. The largest absolute Gasteiger partial charge is 0.376 e. The van der Waals surface area contributed by atoms with Gasteiger partial charge in [-0.3, -0.25) is 4.68 Å². The molecule has 0 saturated carbocycles. The maximum atomic E-state index is 5.58. The van der Waals surface area contributed by atoms with Gasteiger partial charge < -0.3 is 10.1 Å². The van der Waals surface area contributed by atoms with Crippen molar-refractivity contribution in [1.82, 2.24) is 19.7 Å². The molecule has 3 heterocycles. The maximum absolute atomic E-state index is 5.58. The first-order chi connectivity index (χ1) is 9.72. The van der Waals surface area contributed by atoms with Crippen LogP contribution < -0.4 is 5.32 Å². The molecule has 1 aliphatic rings. The predicted molar refractivity (Wildman–Crippen MR) is 76.4 cm³/mol. The van der Waals surface area contributed by atoms with E-state index in [-0.39, 0.29) is 6.10 Å². The first kappa shape index (κ1) is 13.1. The summed E-state index contributed by atoms with van der Waals surface area (Å²) < 4.78 is 7.38. The van der Waals surface area contributed by atoms with E-state index in [9.17, 15) is 0 Å². The summed E-state index contributed by atoms with van der Waals surface area (Å²) in [5, 5.41) is 7.59. The summed E-state index contributed by atoms with van der Waals surface area (Å²) in [5.74, 6) is 0.640. The molecule has 0 radical (unpaired) electrons. The van der Waals surface area contributed by atoms with Crippen molar-refractivity contribution in [3.8, 4) is 11.3 Å². The third kappa shape index (κ3) is 2.80. The van der Waals surface area contributed by atoms with Crippen LogP contribution in [0.4, 0.5) is 5.95 Å². The van der Waals surface area contributed by atoms with Crippen LogP contribution in [0.2, 0.25) is 0 Å². The van der Waals surface area contributed by atoms with Crippen LogP contribution in [0.15, 0.2) is 18.5 Å². The van der Waals surface area contributed by atoms with Crippen LogP contribution in [0.3, 0.4) is 0 Å². The lowest BCUT2D eigenvalue weighted by Gasteiger charge is -2.10. The summed E-state index contributed by atoms with van der Waals surface area (Å²) in [6.07, 6.45) is 6.27. The molecule has 1 saturated heterocycles. The predicted octanol–water partition coefficient (Wildman–Crippen LogP) is 1.78. The summed E-state index contributed by atoms with van der Waals surface area (Å²) in [6, 6.07) is 1.90. The highest BCUT2D eigenvalue weighted by Crippen LogP contribution is 2.20. The average molecular weight is 273 g/mol. The average Bonchev–Trinajstić information content (AvgIpc) is 3.06. The van der Waals surface area contributed by atoms with E-state index in [2.05, 4.69) is 20.4 Å². The summed E-state index contributed by atoms with van der Waals surface area (Å²) in [4.78, 5) is 8.80. The molecule has 2 aromatic rings. The van der Waals surface area contributed by atoms with Crippen LogP contribution in [-0.2, 0) is 11.8 Å². The molecule has 1 N–H and O–H groups in total. The summed E-state index contributed by atoms with van der Waals surface area (Å²) in [6.45, 7) is 3.61. The van der Waals surface area contributed by atoms with Gasteiger partial charge in [-0.15, -0.1) is 0 Å². The Morgan fingerprint density at radius 2 is 2.40 bits per heavy atom. The zero-order valence-electron chi connectivity index (χ0n) is 11.8. The SMILES string of the molecule is Cc1nn(C)cc1-c1ccnc(NCC2CCCO2)n1. The fourth-order valence-electron chi connectivity index (χ4n) is 2.46. The summed E-state index contributed by atoms with van der Waals surface area (Å²) in [5.41, 5.74) is 2.90. The second-order valence-corrected chi connectivity index (χ2v) is 5.08. The lowest BCUT2D eigenvalue weighted by atomic mass is 10.2. The number of anilines is 1. The van der Waals surface area contributed by atoms with Gasteiger partial charge in [-0.25, -0.2) is 9.97 Å². The van der Waals surface area contributed by atoms with Crippen LogP contribution in [0.25, 0.3) is 11.3 Å². The van der Waals surface area contributed by atoms with Crippen molar-refractivity contribution in [1.29, 1.82) is 0 Å². The second-order valence-electron chi connectivity index (χ2n) is 5.08.